The van der Waals surface area contributed by atoms with Gasteiger partial charge in [0.15, 0.2) is 0 Å². The Morgan fingerprint density at radius 2 is 2.27 bits per heavy atom. The van der Waals surface area contributed by atoms with E-state index in [1.165, 1.54) is 11.1 Å². The molecule has 1 aromatic rings. The fourth-order valence-corrected chi connectivity index (χ4v) is 2.28. The lowest BCUT2D eigenvalue weighted by atomic mass is 9.77. The first-order valence-corrected chi connectivity index (χ1v) is 6.77. The van der Waals surface area contributed by atoms with Crippen LogP contribution in [0.25, 0.3) is 0 Å². The number of halogens is 1. The summed E-state index contributed by atoms with van der Waals surface area (Å²) in [7, 11) is 0. The Morgan fingerprint density at radius 3 is 3.00 bits per heavy atom. The summed E-state index contributed by atoms with van der Waals surface area (Å²) in [5.41, 5.74) is 2.54. The largest absolute Gasteiger partial charge is 0.356 e. The van der Waals surface area contributed by atoms with E-state index >= 15 is 0 Å². The highest BCUT2D eigenvalue weighted by Gasteiger charge is 2.31. The highest BCUT2D eigenvalue weighted by Crippen LogP contribution is 2.34. The number of fused-ring (bicyclic) bond motifs is 1. The van der Waals surface area contributed by atoms with E-state index in [1.54, 1.807) is 0 Å². The van der Waals surface area contributed by atoms with Crippen molar-refractivity contribution in [3.63, 3.8) is 0 Å². The van der Waals surface area contributed by atoms with Gasteiger partial charge in [-0.3, -0.25) is 4.79 Å². The predicted octanol–water partition coefficient (Wildman–Crippen LogP) is 2.27. The Hall–Kier alpha value is -0.580. The standard InChI is InChI=1S/C12H14INO/c13-6-3-7-14-12(15)11-8-9-4-1-2-5-10(9)11/h1-2,4-5,11H,3,6-8H2,(H,14,15). The predicted molar refractivity (Wildman–Crippen MR) is 69.4 cm³/mol. The number of amides is 1. The van der Waals surface area contributed by atoms with Gasteiger partial charge in [0.2, 0.25) is 5.91 Å². The summed E-state index contributed by atoms with van der Waals surface area (Å²) in [6, 6.07) is 8.19. The van der Waals surface area contributed by atoms with Gasteiger partial charge in [0.1, 0.15) is 0 Å². The number of carbonyl (C=O) groups is 1. The molecule has 0 radical (unpaired) electrons. The highest BCUT2D eigenvalue weighted by molar-refractivity contribution is 14.1. The van der Waals surface area contributed by atoms with Gasteiger partial charge in [-0.15, -0.1) is 0 Å². The molecular weight excluding hydrogens is 301 g/mol. The van der Waals surface area contributed by atoms with Gasteiger partial charge in [-0.1, -0.05) is 46.9 Å². The summed E-state index contributed by atoms with van der Waals surface area (Å²) in [6.45, 7) is 0.806. The maximum atomic E-state index is 11.7. The second kappa shape index (κ2) is 4.96. The third kappa shape index (κ3) is 2.33. The van der Waals surface area contributed by atoms with Crippen LogP contribution >= 0.6 is 22.6 Å². The second-order valence-electron chi connectivity index (χ2n) is 3.79. The van der Waals surface area contributed by atoms with Crippen LogP contribution in [0, 0.1) is 0 Å². The lowest BCUT2D eigenvalue weighted by molar-refractivity contribution is -0.123. The van der Waals surface area contributed by atoms with E-state index in [4.69, 9.17) is 0 Å². The minimum atomic E-state index is 0.107. The van der Waals surface area contributed by atoms with Crippen molar-refractivity contribution in [3.05, 3.63) is 35.4 Å². The van der Waals surface area contributed by atoms with Crippen molar-refractivity contribution in [1.29, 1.82) is 0 Å². The molecule has 1 aromatic carbocycles. The molecule has 0 fully saturated rings. The number of carbonyl (C=O) groups excluding carboxylic acids is 1. The van der Waals surface area contributed by atoms with Crippen LogP contribution in [0.3, 0.4) is 0 Å². The summed E-state index contributed by atoms with van der Waals surface area (Å²) < 4.78 is 1.10. The molecule has 2 rings (SSSR count). The molecule has 3 heteroatoms. The van der Waals surface area contributed by atoms with E-state index in [-0.39, 0.29) is 11.8 Å². The zero-order valence-electron chi connectivity index (χ0n) is 8.50. The number of hydrogen-bond acceptors (Lipinski definition) is 1. The van der Waals surface area contributed by atoms with Gasteiger partial charge in [-0.05, 0) is 24.0 Å². The Labute approximate surface area is 104 Å². The van der Waals surface area contributed by atoms with Gasteiger partial charge in [-0.2, -0.15) is 0 Å². The van der Waals surface area contributed by atoms with Gasteiger partial charge in [0.25, 0.3) is 0 Å². The quantitative estimate of drug-likeness (QED) is 0.515. The molecule has 0 heterocycles. The SMILES string of the molecule is O=C(NCCCI)C1Cc2ccccc21. The zero-order chi connectivity index (χ0) is 10.7. The molecule has 1 aliphatic rings. The number of benzene rings is 1. The fraction of sp³-hybridized carbons (Fsp3) is 0.417. The maximum Gasteiger partial charge on any atom is 0.227 e. The van der Waals surface area contributed by atoms with Gasteiger partial charge in [-0.25, -0.2) is 0 Å². The van der Waals surface area contributed by atoms with E-state index in [1.807, 2.05) is 12.1 Å². The molecule has 0 aromatic heterocycles. The highest BCUT2D eigenvalue weighted by atomic mass is 127. The van der Waals surface area contributed by atoms with Crippen LogP contribution in [-0.4, -0.2) is 16.9 Å². The van der Waals surface area contributed by atoms with Crippen molar-refractivity contribution in [1.82, 2.24) is 5.32 Å². The topological polar surface area (TPSA) is 29.1 Å². The van der Waals surface area contributed by atoms with Crippen LogP contribution in [0.15, 0.2) is 24.3 Å². The van der Waals surface area contributed by atoms with Gasteiger partial charge >= 0.3 is 0 Å². The van der Waals surface area contributed by atoms with Crippen LogP contribution in [0.2, 0.25) is 0 Å². The van der Waals surface area contributed by atoms with Crippen LogP contribution in [-0.2, 0) is 11.2 Å². The van der Waals surface area contributed by atoms with Crippen molar-refractivity contribution < 1.29 is 4.79 Å². The van der Waals surface area contributed by atoms with Gasteiger partial charge in [0.05, 0.1) is 5.92 Å². The molecule has 80 valence electrons. The molecule has 0 aliphatic heterocycles. The molecule has 1 N–H and O–H groups in total. The minimum absolute atomic E-state index is 0.107. The summed E-state index contributed by atoms with van der Waals surface area (Å²) in [4.78, 5) is 11.7. The third-order valence-electron chi connectivity index (χ3n) is 2.78. The zero-order valence-corrected chi connectivity index (χ0v) is 10.7. The average molecular weight is 315 g/mol. The van der Waals surface area contributed by atoms with Crippen molar-refractivity contribution in [2.24, 2.45) is 0 Å². The Kier molecular flexibility index (Phi) is 3.61. The molecular formula is C12H14INO. The molecule has 1 atom stereocenters. The third-order valence-corrected chi connectivity index (χ3v) is 3.54. The minimum Gasteiger partial charge on any atom is -0.356 e. The van der Waals surface area contributed by atoms with Crippen LogP contribution in [0.4, 0.5) is 0 Å². The Bertz CT molecular complexity index is 364. The molecule has 0 saturated heterocycles. The van der Waals surface area contributed by atoms with Crippen molar-refractivity contribution in [3.8, 4) is 0 Å². The summed E-state index contributed by atoms with van der Waals surface area (Å²) >= 11 is 2.32. The van der Waals surface area contributed by atoms with Crippen molar-refractivity contribution in [2.75, 3.05) is 11.0 Å². The molecule has 0 bridgehead atoms. The normalized spacial score (nSPS) is 17.8. The van der Waals surface area contributed by atoms with Gasteiger partial charge < -0.3 is 5.32 Å². The molecule has 15 heavy (non-hydrogen) atoms. The summed E-state index contributed by atoms with van der Waals surface area (Å²) in [6.07, 6.45) is 1.97. The van der Waals surface area contributed by atoms with Crippen LogP contribution in [0.5, 0.6) is 0 Å². The fourth-order valence-electron chi connectivity index (χ4n) is 1.89. The van der Waals surface area contributed by atoms with E-state index in [0.717, 1.165) is 23.8 Å². The number of nitrogens with one attached hydrogen (secondary N) is 1. The Morgan fingerprint density at radius 1 is 1.47 bits per heavy atom. The van der Waals surface area contributed by atoms with Crippen LogP contribution in [0.1, 0.15) is 23.5 Å². The smallest absolute Gasteiger partial charge is 0.227 e. The molecule has 0 spiro atoms. The lowest BCUT2D eigenvalue weighted by Gasteiger charge is -2.28. The summed E-state index contributed by atoms with van der Waals surface area (Å²) in [5.74, 6) is 0.300. The van der Waals surface area contributed by atoms with Crippen molar-refractivity contribution in [2.45, 2.75) is 18.8 Å². The van der Waals surface area contributed by atoms with E-state index in [2.05, 4.69) is 40.0 Å². The second-order valence-corrected chi connectivity index (χ2v) is 4.87. The van der Waals surface area contributed by atoms with Crippen molar-refractivity contribution >= 4 is 28.5 Å². The van der Waals surface area contributed by atoms with E-state index < -0.39 is 0 Å². The molecule has 1 aliphatic carbocycles. The van der Waals surface area contributed by atoms with Gasteiger partial charge in [0, 0.05) is 11.0 Å². The molecule has 0 saturated carbocycles. The lowest BCUT2D eigenvalue weighted by Crippen LogP contribution is -2.35. The maximum absolute atomic E-state index is 11.7. The number of rotatable bonds is 4. The average Bonchev–Trinajstić information content (AvgIpc) is 2.20. The first-order valence-electron chi connectivity index (χ1n) is 5.24. The molecule has 1 unspecified atom stereocenters. The van der Waals surface area contributed by atoms with Crippen LogP contribution < -0.4 is 5.32 Å². The first-order chi connectivity index (χ1) is 7.33. The number of alkyl halides is 1. The molecule has 2 nitrogen and oxygen atoms in total. The number of hydrogen-bond donors (Lipinski definition) is 1. The van der Waals surface area contributed by atoms with E-state index in [9.17, 15) is 4.79 Å². The summed E-state index contributed by atoms with van der Waals surface area (Å²) in [5, 5.41) is 2.98. The van der Waals surface area contributed by atoms with E-state index in [0.29, 0.717) is 0 Å². The first kappa shape index (κ1) is 10.9. The molecule has 1 amide bonds. The Balaban J connectivity index is 1.90. The monoisotopic (exact) mass is 315 g/mol.